The Hall–Kier alpha value is -0.760. The van der Waals surface area contributed by atoms with E-state index in [1.807, 2.05) is 18.2 Å². The summed E-state index contributed by atoms with van der Waals surface area (Å²) in [7, 11) is 2.13. The number of aromatic nitrogens is 1. The van der Waals surface area contributed by atoms with Crippen LogP contribution in [0.4, 0.5) is 5.82 Å². The van der Waals surface area contributed by atoms with Crippen LogP contribution in [0.15, 0.2) is 18.2 Å². The summed E-state index contributed by atoms with van der Waals surface area (Å²) in [5, 5.41) is 0.575. The molecule has 1 aromatic heterocycles. The molecule has 2 rings (SSSR count). The molecule has 3 heteroatoms. The van der Waals surface area contributed by atoms with E-state index in [1.165, 1.54) is 25.7 Å². The molecule has 2 nitrogen and oxygen atoms in total. The van der Waals surface area contributed by atoms with Crippen molar-refractivity contribution in [3.05, 3.63) is 23.4 Å². The van der Waals surface area contributed by atoms with Crippen molar-refractivity contribution in [1.82, 2.24) is 4.98 Å². The minimum absolute atomic E-state index is 0.513. The monoisotopic (exact) mass is 252 g/mol. The van der Waals surface area contributed by atoms with Crippen LogP contribution in [0.5, 0.6) is 0 Å². The first-order valence-electron chi connectivity index (χ1n) is 6.33. The van der Waals surface area contributed by atoms with Crippen molar-refractivity contribution in [2.75, 3.05) is 11.9 Å². The number of anilines is 1. The molecule has 1 heterocycles. The normalized spacial score (nSPS) is 20.2. The van der Waals surface area contributed by atoms with Gasteiger partial charge in [0.25, 0.3) is 0 Å². The highest BCUT2D eigenvalue weighted by Crippen LogP contribution is 2.37. The number of pyridine rings is 1. The van der Waals surface area contributed by atoms with E-state index in [9.17, 15) is 0 Å². The smallest absolute Gasteiger partial charge is 0.131 e. The maximum Gasteiger partial charge on any atom is 0.131 e. The molecule has 0 amide bonds. The number of nitrogens with zero attached hydrogens (tertiary/aromatic N) is 2. The molecule has 0 radical (unpaired) electrons. The lowest BCUT2D eigenvalue weighted by molar-refractivity contribution is 0.222. The highest BCUT2D eigenvalue weighted by molar-refractivity contribution is 6.29. The van der Waals surface area contributed by atoms with Gasteiger partial charge in [-0.2, -0.15) is 0 Å². The lowest BCUT2D eigenvalue weighted by Gasteiger charge is -2.39. The molecule has 17 heavy (non-hydrogen) atoms. The van der Waals surface area contributed by atoms with Crippen LogP contribution in [0.1, 0.15) is 39.5 Å². The summed E-state index contributed by atoms with van der Waals surface area (Å²) in [5.41, 5.74) is 0.513. The van der Waals surface area contributed by atoms with Crippen molar-refractivity contribution < 1.29 is 0 Å². The molecular formula is C14H21ClN2. The van der Waals surface area contributed by atoms with Gasteiger partial charge in [-0.25, -0.2) is 4.98 Å². The fourth-order valence-corrected chi connectivity index (χ4v) is 2.71. The van der Waals surface area contributed by atoms with E-state index in [0.29, 0.717) is 16.6 Å². The van der Waals surface area contributed by atoms with E-state index >= 15 is 0 Å². The molecule has 0 atom stereocenters. The third-order valence-electron chi connectivity index (χ3n) is 3.92. The zero-order valence-corrected chi connectivity index (χ0v) is 11.7. The molecule has 1 saturated carbocycles. The molecule has 0 saturated heterocycles. The van der Waals surface area contributed by atoms with E-state index in [-0.39, 0.29) is 0 Å². The van der Waals surface area contributed by atoms with Gasteiger partial charge < -0.3 is 4.90 Å². The first-order valence-corrected chi connectivity index (χ1v) is 6.71. The van der Waals surface area contributed by atoms with Gasteiger partial charge in [-0.1, -0.05) is 31.5 Å². The molecular weight excluding hydrogens is 232 g/mol. The van der Waals surface area contributed by atoms with E-state index in [1.54, 1.807) is 0 Å². The van der Waals surface area contributed by atoms with E-state index in [0.717, 1.165) is 5.82 Å². The lowest BCUT2D eigenvalue weighted by Crippen LogP contribution is -2.37. The molecule has 1 aliphatic carbocycles. The topological polar surface area (TPSA) is 16.1 Å². The van der Waals surface area contributed by atoms with Crippen molar-refractivity contribution in [1.29, 1.82) is 0 Å². The third-order valence-corrected chi connectivity index (χ3v) is 4.13. The molecule has 0 unspecified atom stereocenters. The SMILES string of the molecule is CN(c1cccc(Cl)n1)C1CCC(C)(C)CC1. The van der Waals surface area contributed by atoms with Crippen LogP contribution < -0.4 is 4.90 Å². The average molecular weight is 253 g/mol. The largest absolute Gasteiger partial charge is 0.357 e. The van der Waals surface area contributed by atoms with E-state index in [4.69, 9.17) is 11.6 Å². The van der Waals surface area contributed by atoms with Gasteiger partial charge in [-0.05, 0) is 43.2 Å². The maximum absolute atomic E-state index is 5.94. The highest BCUT2D eigenvalue weighted by Gasteiger charge is 2.29. The van der Waals surface area contributed by atoms with Gasteiger partial charge in [0.05, 0.1) is 0 Å². The summed E-state index contributed by atoms with van der Waals surface area (Å²) in [6.07, 6.45) is 5.08. The number of hydrogen-bond donors (Lipinski definition) is 0. The Kier molecular flexibility index (Phi) is 3.62. The van der Waals surface area contributed by atoms with Crippen LogP contribution in [0.25, 0.3) is 0 Å². The standard InChI is InChI=1S/C14H21ClN2/c1-14(2)9-7-11(8-10-14)17(3)13-6-4-5-12(15)16-13/h4-6,11H,7-10H2,1-3H3. The number of halogens is 1. The second-order valence-corrected chi connectivity index (χ2v) is 6.21. The summed E-state index contributed by atoms with van der Waals surface area (Å²) in [4.78, 5) is 6.65. The second-order valence-electron chi connectivity index (χ2n) is 5.82. The minimum Gasteiger partial charge on any atom is -0.357 e. The fourth-order valence-electron chi connectivity index (χ4n) is 2.55. The van der Waals surface area contributed by atoms with E-state index < -0.39 is 0 Å². The zero-order valence-electron chi connectivity index (χ0n) is 10.9. The van der Waals surface area contributed by atoms with Crippen molar-refractivity contribution >= 4 is 17.4 Å². The number of hydrogen-bond acceptors (Lipinski definition) is 2. The van der Waals surface area contributed by atoms with Crippen LogP contribution in [-0.4, -0.2) is 18.1 Å². The maximum atomic E-state index is 5.94. The Labute approximate surface area is 109 Å². The Morgan fingerprint density at radius 2 is 1.94 bits per heavy atom. The third kappa shape index (κ3) is 3.12. The minimum atomic E-state index is 0.513. The van der Waals surface area contributed by atoms with Gasteiger partial charge in [0.15, 0.2) is 0 Å². The second kappa shape index (κ2) is 4.85. The molecule has 94 valence electrons. The van der Waals surface area contributed by atoms with Gasteiger partial charge in [0.2, 0.25) is 0 Å². The van der Waals surface area contributed by atoms with Crippen molar-refractivity contribution in [3.8, 4) is 0 Å². The van der Waals surface area contributed by atoms with Gasteiger partial charge >= 0.3 is 0 Å². The van der Waals surface area contributed by atoms with Crippen molar-refractivity contribution in [2.24, 2.45) is 5.41 Å². The summed E-state index contributed by atoms with van der Waals surface area (Å²) >= 11 is 5.94. The van der Waals surface area contributed by atoms with Crippen LogP contribution in [0, 0.1) is 5.41 Å². The molecule has 1 aliphatic rings. The number of rotatable bonds is 2. The molecule has 0 aromatic carbocycles. The fraction of sp³-hybridized carbons (Fsp3) is 0.643. The lowest BCUT2D eigenvalue weighted by atomic mass is 9.75. The van der Waals surface area contributed by atoms with E-state index in [2.05, 4.69) is 30.8 Å². The van der Waals surface area contributed by atoms with Crippen LogP contribution in [-0.2, 0) is 0 Å². The van der Waals surface area contributed by atoms with Gasteiger partial charge in [-0.15, -0.1) is 0 Å². The Morgan fingerprint density at radius 1 is 1.29 bits per heavy atom. The first-order chi connectivity index (χ1) is 7.98. The molecule has 0 spiro atoms. The summed E-state index contributed by atoms with van der Waals surface area (Å²) in [5.74, 6) is 0.988. The van der Waals surface area contributed by atoms with Crippen molar-refractivity contribution in [2.45, 2.75) is 45.6 Å². The predicted molar refractivity (Wildman–Crippen MR) is 73.7 cm³/mol. The zero-order chi connectivity index (χ0) is 12.5. The summed E-state index contributed by atoms with van der Waals surface area (Å²) in [6.45, 7) is 4.72. The molecule has 0 bridgehead atoms. The molecule has 0 aliphatic heterocycles. The Morgan fingerprint density at radius 3 is 2.53 bits per heavy atom. The summed E-state index contributed by atoms with van der Waals surface area (Å²) in [6, 6.07) is 6.43. The molecule has 1 fully saturated rings. The quantitative estimate of drug-likeness (QED) is 0.736. The van der Waals surface area contributed by atoms with Gasteiger partial charge in [0.1, 0.15) is 11.0 Å². The van der Waals surface area contributed by atoms with Gasteiger partial charge in [-0.3, -0.25) is 0 Å². The highest BCUT2D eigenvalue weighted by atomic mass is 35.5. The van der Waals surface area contributed by atoms with Crippen molar-refractivity contribution in [3.63, 3.8) is 0 Å². The Bertz CT molecular complexity index is 380. The average Bonchev–Trinajstić information content (AvgIpc) is 2.28. The molecule has 1 aromatic rings. The van der Waals surface area contributed by atoms with Gasteiger partial charge in [0, 0.05) is 13.1 Å². The Balaban J connectivity index is 2.04. The predicted octanol–water partition coefficient (Wildman–Crippen LogP) is 4.14. The summed E-state index contributed by atoms with van der Waals surface area (Å²) < 4.78 is 0. The first kappa shape index (κ1) is 12.7. The van der Waals surface area contributed by atoms with Crippen LogP contribution in [0.2, 0.25) is 5.15 Å². The molecule has 0 N–H and O–H groups in total. The van der Waals surface area contributed by atoms with Crippen LogP contribution in [0.3, 0.4) is 0 Å². The van der Waals surface area contributed by atoms with Crippen LogP contribution >= 0.6 is 11.6 Å².